The minimum absolute atomic E-state index is 0.781. The summed E-state index contributed by atoms with van der Waals surface area (Å²) in [6.45, 7) is 3.40. The summed E-state index contributed by atoms with van der Waals surface area (Å²) in [5, 5.41) is 7.73. The molecule has 2 aromatic rings. The van der Waals surface area contributed by atoms with Gasteiger partial charge in [-0.1, -0.05) is 26.2 Å². The second-order valence-electron chi connectivity index (χ2n) is 5.34. The number of anilines is 1. The van der Waals surface area contributed by atoms with Crippen LogP contribution in [0.2, 0.25) is 0 Å². The Kier molecular flexibility index (Phi) is 3.17. The van der Waals surface area contributed by atoms with E-state index in [9.17, 15) is 0 Å². The van der Waals surface area contributed by atoms with Gasteiger partial charge < -0.3 is 5.32 Å². The lowest BCUT2D eigenvalue weighted by molar-refractivity contribution is 0.268. The van der Waals surface area contributed by atoms with Crippen LogP contribution in [0.25, 0.3) is 5.52 Å². The van der Waals surface area contributed by atoms with E-state index in [1.165, 1.54) is 25.7 Å². The number of hydrogen-bond donors (Lipinski definition) is 1. The highest BCUT2D eigenvalue weighted by atomic mass is 15.2. The zero-order chi connectivity index (χ0) is 12.4. The van der Waals surface area contributed by atoms with Crippen LogP contribution >= 0.6 is 0 Å². The fourth-order valence-corrected chi connectivity index (χ4v) is 2.92. The summed E-state index contributed by atoms with van der Waals surface area (Å²) in [7, 11) is 0. The average Bonchev–Trinajstić information content (AvgIpc) is 2.86. The Hall–Kier alpha value is -1.58. The van der Waals surface area contributed by atoms with Gasteiger partial charge in [-0.05, 0) is 24.3 Å². The molecule has 2 unspecified atom stereocenters. The van der Waals surface area contributed by atoms with Crippen molar-refractivity contribution in [3.05, 3.63) is 24.7 Å². The quantitative estimate of drug-likeness (QED) is 0.902. The van der Waals surface area contributed by atoms with Gasteiger partial charge in [-0.2, -0.15) is 5.10 Å². The second-order valence-corrected chi connectivity index (χ2v) is 5.34. The number of rotatable bonds is 3. The molecule has 0 aromatic carbocycles. The van der Waals surface area contributed by atoms with E-state index in [2.05, 4.69) is 22.3 Å². The van der Waals surface area contributed by atoms with Gasteiger partial charge in [-0.25, -0.2) is 9.50 Å². The molecule has 0 spiro atoms. The molecule has 3 rings (SSSR count). The molecule has 2 aromatic heterocycles. The van der Waals surface area contributed by atoms with Crippen molar-refractivity contribution in [3.8, 4) is 0 Å². The lowest BCUT2D eigenvalue weighted by Crippen LogP contribution is -2.24. The van der Waals surface area contributed by atoms with E-state index in [0.29, 0.717) is 0 Å². The molecule has 1 saturated carbocycles. The number of aromatic nitrogens is 3. The molecule has 18 heavy (non-hydrogen) atoms. The first-order valence-electron chi connectivity index (χ1n) is 6.87. The molecule has 1 N–H and O–H groups in total. The Morgan fingerprint density at radius 1 is 1.33 bits per heavy atom. The zero-order valence-electron chi connectivity index (χ0n) is 10.8. The third-order valence-corrected chi connectivity index (χ3v) is 4.15. The van der Waals surface area contributed by atoms with Crippen LogP contribution in [-0.4, -0.2) is 21.1 Å². The minimum atomic E-state index is 0.781. The van der Waals surface area contributed by atoms with Gasteiger partial charge in [0.05, 0.1) is 6.20 Å². The van der Waals surface area contributed by atoms with Crippen molar-refractivity contribution in [3.63, 3.8) is 0 Å². The fraction of sp³-hybridized carbons (Fsp3) is 0.571. The summed E-state index contributed by atoms with van der Waals surface area (Å²) in [5.74, 6) is 2.56. The van der Waals surface area contributed by atoms with Crippen LogP contribution in [0.15, 0.2) is 24.7 Å². The first-order valence-corrected chi connectivity index (χ1v) is 6.87. The summed E-state index contributed by atoms with van der Waals surface area (Å²) < 4.78 is 1.86. The van der Waals surface area contributed by atoms with Gasteiger partial charge >= 0.3 is 0 Å². The molecular weight excluding hydrogens is 224 g/mol. The fourth-order valence-electron chi connectivity index (χ4n) is 2.92. The monoisotopic (exact) mass is 244 g/mol. The number of hydrogen-bond acceptors (Lipinski definition) is 3. The molecule has 0 radical (unpaired) electrons. The second kappa shape index (κ2) is 4.96. The lowest BCUT2D eigenvalue weighted by Gasteiger charge is -2.29. The molecule has 4 heteroatoms. The highest BCUT2D eigenvalue weighted by Gasteiger charge is 2.21. The SMILES string of the molecule is CC1CCCCC1CNc1nccn2nccc12. The first kappa shape index (κ1) is 11.5. The van der Waals surface area contributed by atoms with Crippen molar-refractivity contribution >= 4 is 11.3 Å². The van der Waals surface area contributed by atoms with Crippen molar-refractivity contribution in [2.24, 2.45) is 11.8 Å². The van der Waals surface area contributed by atoms with Crippen LogP contribution in [0.4, 0.5) is 5.82 Å². The van der Waals surface area contributed by atoms with Gasteiger partial charge in [-0.3, -0.25) is 0 Å². The zero-order valence-corrected chi connectivity index (χ0v) is 10.8. The summed E-state index contributed by atoms with van der Waals surface area (Å²) in [6.07, 6.45) is 11.0. The number of nitrogens with zero attached hydrogens (tertiary/aromatic N) is 3. The first-order chi connectivity index (χ1) is 8.84. The van der Waals surface area contributed by atoms with Gasteiger partial charge in [0.2, 0.25) is 0 Å². The molecule has 0 amide bonds. The molecule has 2 atom stereocenters. The Labute approximate surface area is 107 Å². The van der Waals surface area contributed by atoms with Gasteiger partial charge in [-0.15, -0.1) is 0 Å². The minimum Gasteiger partial charge on any atom is -0.368 e. The Balaban J connectivity index is 1.71. The van der Waals surface area contributed by atoms with Gasteiger partial charge in [0.1, 0.15) is 5.52 Å². The van der Waals surface area contributed by atoms with Crippen molar-refractivity contribution in [1.82, 2.24) is 14.6 Å². The molecule has 0 saturated heterocycles. The maximum atomic E-state index is 4.42. The van der Waals surface area contributed by atoms with E-state index in [1.807, 2.05) is 23.0 Å². The summed E-state index contributed by atoms with van der Waals surface area (Å²) in [5.41, 5.74) is 1.06. The maximum absolute atomic E-state index is 4.42. The Morgan fingerprint density at radius 2 is 2.22 bits per heavy atom. The molecule has 2 heterocycles. The summed E-state index contributed by atoms with van der Waals surface area (Å²) in [6, 6.07) is 2.00. The molecule has 0 bridgehead atoms. The van der Waals surface area contributed by atoms with Crippen molar-refractivity contribution in [2.75, 3.05) is 11.9 Å². The van der Waals surface area contributed by atoms with E-state index in [1.54, 1.807) is 6.20 Å². The van der Waals surface area contributed by atoms with E-state index in [0.717, 1.165) is 29.7 Å². The van der Waals surface area contributed by atoms with Crippen LogP contribution in [0.1, 0.15) is 32.6 Å². The lowest BCUT2D eigenvalue weighted by atomic mass is 9.80. The Bertz CT molecular complexity index is 519. The summed E-state index contributed by atoms with van der Waals surface area (Å²) >= 11 is 0. The van der Waals surface area contributed by atoms with E-state index >= 15 is 0 Å². The van der Waals surface area contributed by atoms with Gasteiger partial charge in [0.15, 0.2) is 5.82 Å². The van der Waals surface area contributed by atoms with E-state index < -0.39 is 0 Å². The van der Waals surface area contributed by atoms with Crippen LogP contribution in [0.3, 0.4) is 0 Å². The van der Waals surface area contributed by atoms with E-state index in [4.69, 9.17) is 0 Å². The molecule has 96 valence electrons. The van der Waals surface area contributed by atoms with Crippen molar-refractivity contribution < 1.29 is 0 Å². The predicted octanol–water partition coefficient (Wildman–Crippen LogP) is 2.97. The number of nitrogens with one attached hydrogen (secondary N) is 1. The van der Waals surface area contributed by atoms with E-state index in [-0.39, 0.29) is 0 Å². The van der Waals surface area contributed by atoms with Crippen molar-refractivity contribution in [2.45, 2.75) is 32.6 Å². The van der Waals surface area contributed by atoms with Gasteiger partial charge in [0.25, 0.3) is 0 Å². The average molecular weight is 244 g/mol. The molecule has 4 nitrogen and oxygen atoms in total. The molecule has 0 aliphatic heterocycles. The van der Waals surface area contributed by atoms with Crippen LogP contribution in [-0.2, 0) is 0 Å². The Morgan fingerprint density at radius 3 is 3.11 bits per heavy atom. The van der Waals surface area contributed by atoms with Crippen LogP contribution in [0.5, 0.6) is 0 Å². The third-order valence-electron chi connectivity index (χ3n) is 4.15. The highest BCUT2D eigenvalue weighted by Crippen LogP contribution is 2.29. The molecular formula is C14H20N4. The van der Waals surface area contributed by atoms with Crippen LogP contribution < -0.4 is 5.32 Å². The molecule has 1 aliphatic carbocycles. The molecule has 1 aliphatic rings. The topological polar surface area (TPSA) is 42.2 Å². The molecule has 1 fully saturated rings. The normalized spacial score (nSPS) is 24.3. The van der Waals surface area contributed by atoms with Crippen molar-refractivity contribution in [1.29, 1.82) is 0 Å². The standard InChI is InChI=1S/C14H20N4/c1-11-4-2-3-5-12(11)10-16-14-13-6-7-17-18(13)9-8-15-14/h6-9,11-12H,2-5,10H2,1H3,(H,15,16). The smallest absolute Gasteiger partial charge is 0.152 e. The largest absolute Gasteiger partial charge is 0.368 e. The highest BCUT2D eigenvalue weighted by molar-refractivity contribution is 5.66. The third kappa shape index (κ3) is 2.19. The number of fused-ring (bicyclic) bond motifs is 1. The van der Waals surface area contributed by atoms with Gasteiger partial charge in [0, 0.05) is 18.9 Å². The summed E-state index contributed by atoms with van der Waals surface area (Å²) in [4.78, 5) is 4.42. The van der Waals surface area contributed by atoms with Crippen LogP contribution in [0, 0.1) is 11.8 Å². The maximum Gasteiger partial charge on any atom is 0.152 e. The predicted molar refractivity (Wildman–Crippen MR) is 72.6 cm³/mol.